The molecule has 0 aliphatic carbocycles. The van der Waals surface area contributed by atoms with E-state index in [1.165, 1.54) is 0 Å². The Morgan fingerprint density at radius 3 is 2.83 bits per heavy atom. The van der Waals surface area contributed by atoms with Gasteiger partial charge in [-0.3, -0.25) is 9.69 Å². The first-order valence-corrected chi connectivity index (χ1v) is 6.71. The number of carboxylic acids is 1. The van der Waals surface area contributed by atoms with E-state index < -0.39 is 12.0 Å². The van der Waals surface area contributed by atoms with E-state index in [9.17, 15) is 4.79 Å². The van der Waals surface area contributed by atoms with Gasteiger partial charge in [0, 0.05) is 0 Å². The molecule has 1 N–H and O–H groups in total. The van der Waals surface area contributed by atoms with Crippen LogP contribution in [0.5, 0.6) is 0 Å². The van der Waals surface area contributed by atoms with E-state index in [2.05, 4.69) is 4.98 Å². The fourth-order valence-corrected chi connectivity index (χ4v) is 3.02. The average Bonchev–Trinajstić information content (AvgIpc) is 2.71. The number of carbonyl (C=O) groups is 1. The van der Waals surface area contributed by atoms with E-state index in [0.717, 1.165) is 15.2 Å². The number of para-hydroxylation sites is 1. The highest BCUT2D eigenvalue weighted by molar-refractivity contribution is 7.18. The summed E-state index contributed by atoms with van der Waals surface area (Å²) in [5, 5.41) is 10.1. The molecule has 0 aliphatic rings. The van der Waals surface area contributed by atoms with Crippen LogP contribution in [0.2, 0.25) is 0 Å². The van der Waals surface area contributed by atoms with E-state index >= 15 is 0 Å². The molecule has 2 rings (SSSR count). The van der Waals surface area contributed by atoms with Crippen LogP contribution in [0.3, 0.4) is 0 Å². The van der Waals surface area contributed by atoms with Gasteiger partial charge in [-0.15, -0.1) is 11.3 Å². The Bertz CT molecular complexity index is 520. The van der Waals surface area contributed by atoms with Crippen molar-refractivity contribution in [3.05, 3.63) is 29.3 Å². The van der Waals surface area contributed by atoms with E-state index in [1.54, 1.807) is 11.3 Å². The van der Waals surface area contributed by atoms with Gasteiger partial charge < -0.3 is 5.11 Å². The highest BCUT2D eigenvalue weighted by atomic mass is 32.1. The van der Waals surface area contributed by atoms with Gasteiger partial charge in [0.2, 0.25) is 0 Å². The summed E-state index contributed by atoms with van der Waals surface area (Å²) in [6, 6.07) is 7.51. The second-order valence-electron chi connectivity index (χ2n) is 4.25. The monoisotopic (exact) mass is 264 g/mol. The van der Waals surface area contributed by atoms with Gasteiger partial charge in [0.1, 0.15) is 11.0 Å². The standard InChI is InChI=1S/C13H16N2O2S/c1-3-10(13(16)17)15(2)8-12-14-9-6-4-5-7-11(9)18-12/h4-7,10H,3,8H2,1-2H3,(H,16,17). The SMILES string of the molecule is CCC(C(=O)O)N(C)Cc1nc2ccccc2s1. The molecule has 0 amide bonds. The second kappa shape index (κ2) is 5.46. The number of fused-ring (bicyclic) bond motifs is 1. The maximum absolute atomic E-state index is 11.1. The molecule has 4 nitrogen and oxygen atoms in total. The molecule has 1 atom stereocenters. The van der Waals surface area contributed by atoms with E-state index in [4.69, 9.17) is 5.11 Å². The molecule has 5 heteroatoms. The molecule has 0 spiro atoms. The quantitative estimate of drug-likeness (QED) is 0.902. The van der Waals surface area contributed by atoms with Crippen LogP contribution in [-0.4, -0.2) is 34.0 Å². The smallest absolute Gasteiger partial charge is 0.320 e. The first-order valence-electron chi connectivity index (χ1n) is 5.89. The number of aliphatic carboxylic acids is 1. The zero-order valence-corrected chi connectivity index (χ0v) is 11.3. The zero-order valence-electron chi connectivity index (χ0n) is 10.5. The lowest BCUT2D eigenvalue weighted by Crippen LogP contribution is -2.37. The molecular weight excluding hydrogens is 248 g/mol. The highest BCUT2D eigenvalue weighted by Gasteiger charge is 2.21. The zero-order chi connectivity index (χ0) is 13.1. The number of likely N-dealkylation sites (N-methyl/N-ethyl adjacent to an activating group) is 1. The summed E-state index contributed by atoms with van der Waals surface area (Å²) in [5.74, 6) is -0.777. The minimum atomic E-state index is -0.777. The van der Waals surface area contributed by atoms with Crippen LogP contribution >= 0.6 is 11.3 Å². The maximum Gasteiger partial charge on any atom is 0.320 e. The van der Waals surface area contributed by atoms with Crippen molar-refractivity contribution in [2.75, 3.05) is 7.05 Å². The normalized spacial score (nSPS) is 13.1. The molecule has 1 unspecified atom stereocenters. The summed E-state index contributed by atoms with van der Waals surface area (Å²) < 4.78 is 1.14. The molecule has 2 aromatic rings. The Labute approximate surface area is 110 Å². The minimum Gasteiger partial charge on any atom is -0.480 e. The van der Waals surface area contributed by atoms with Crippen LogP contribution in [0.1, 0.15) is 18.4 Å². The van der Waals surface area contributed by atoms with Crippen LogP contribution < -0.4 is 0 Å². The van der Waals surface area contributed by atoms with Gasteiger partial charge in [-0.1, -0.05) is 19.1 Å². The molecule has 0 fully saturated rings. The number of hydrogen-bond acceptors (Lipinski definition) is 4. The van der Waals surface area contributed by atoms with Gasteiger partial charge >= 0.3 is 5.97 Å². The van der Waals surface area contributed by atoms with Crippen LogP contribution in [0.15, 0.2) is 24.3 Å². The summed E-state index contributed by atoms with van der Waals surface area (Å²) >= 11 is 1.62. The van der Waals surface area contributed by atoms with Gasteiger partial charge in [0.25, 0.3) is 0 Å². The Balaban J connectivity index is 2.15. The summed E-state index contributed by atoms with van der Waals surface area (Å²) in [5.41, 5.74) is 0.981. The first kappa shape index (κ1) is 13.0. The number of aromatic nitrogens is 1. The molecule has 18 heavy (non-hydrogen) atoms. The predicted molar refractivity (Wildman–Crippen MR) is 72.8 cm³/mol. The van der Waals surface area contributed by atoms with Crippen molar-refractivity contribution in [1.29, 1.82) is 0 Å². The van der Waals surface area contributed by atoms with E-state index in [-0.39, 0.29) is 0 Å². The summed E-state index contributed by atoms with van der Waals surface area (Å²) in [4.78, 5) is 17.4. The largest absolute Gasteiger partial charge is 0.480 e. The maximum atomic E-state index is 11.1. The first-order chi connectivity index (χ1) is 8.61. The number of nitrogens with zero attached hydrogens (tertiary/aromatic N) is 2. The molecule has 96 valence electrons. The molecular formula is C13H16N2O2S. The Morgan fingerprint density at radius 1 is 1.50 bits per heavy atom. The number of hydrogen-bond donors (Lipinski definition) is 1. The van der Waals surface area contributed by atoms with Crippen LogP contribution in [0.25, 0.3) is 10.2 Å². The summed E-state index contributed by atoms with van der Waals surface area (Å²) in [7, 11) is 1.83. The summed E-state index contributed by atoms with van der Waals surface area (Å²) in [6.45, 7) is 2.46. The fourth-order valence-electron chi connectivity index (χ4n) is 1.99. The van der Waals surface area contributed by atoms with E-state index in [1.807, 2.05) is 43.1 Å². The third kappa shape index (κ3) is 2.68. The Hall–Kier alpha value is -1.46. The molecule has 1 heterocycles. The number of benzene rings is 1. The Kier molecular flexibility index (Phi) is 3.93. The van der Waals surface area contributed by atoms with Gasteiger partial charge in [0.15, 0.2) is 0 Å². The van der Waals surface area contributed by atoms with Crippen LogP contribution in [-0.2, 0) is 11.3 Å². The van der Waals surface area contributed by atoms with Gasteiger partial charge in [-0.25, -0.2) is 4.98 Å². The number of thiazole rings is 1. The van der Waals surface area contributed by atoms with Crippen molar-refractivity contribution in [3.63, 3.8) is 0 Å². The number of carboxylic acid groups (broad SMARTS) is 1. The molecule has 0 saturated carbocycles. The van der Waals surface area contributed by atoms with Crippen molar-refractivity contribution in [1.82, 2.24) is 9.88 Å². The van der Waals surface area contributed by atoms with Crippen LogP contribution in [0.4, 0.5) is 0 Å². The lowest BCUT2D eigenvalue weighted by Gasteiger charge is -2.21. The minimum absolute atomic E-state index is 0.447. The third-order valence-electron chi connectivity index (χ3n) is 2.93. The molecule has 1 aromatic carbocycles. The van der Waals surface area contributed by atoms with E-state index in [0.29, 0.717) is 13.0 Å². The third-order valence-corrected chi connectivity index (χ3v) is 3.95. The number of rotatable bonds is 5. The predicted octanol–water partition coefficient (Wildman–Crippen LogP) is 2.59. The van der Waals surface area contributed by atoms with Gasteiger partial charge in [0.05, 0.1) is 16.8 Å². The molecule has 0 bridgehead atoms. The second-order valence-corrected chi connectivity index (χ2v) is 5.37. The van der Waals surface area contributed by atoms with Crippen LogP contribution in [0, 0.1) is 0 Å². The highest BCUT2D eigenvalue weighted by Crippen LogP contribution is 2.23. The molecule has 0 saturated heterocycles. The van der Waals surface area contributed by atoms with Crippen molar-refractivity contribution in [3.8, 4) is 0 Å². The Morgan fingerprint density at radius 2 is 2.22 bits per heavy atom. The van der Waals surface area contributed by atoms with Crippen molar-refractivity contribution in [2.24, 2.45) is 0 Å². The van der Waals surface area contributed by atoms with Gasteiger partial charge in [-0.2, -0.15) is 0 Å². The summed E-state index contributed by atoms with van der Waals surface area (Å²) in [6.07, 6.45) is 0.594. The molecule has 1 aromatic heterocycles. The van der Waals surface area contributed by atoms with Crippen molar-refractivity contribution in [2.45, 2.75) is 25.9 Å². The molecule has 0 aliphatic heterocycles. The van der Waals surface area contributed by atoms with Gasteiger partial charge in [-0.05, 0) is 25.6 Å². The average molecular weight is 264 g/mol. The molecule has 0 radical (unpaired) electrons. The van der Waals surface area contributed by atoms with Crippen molar-refractivity contribution < 1.29 is 9.90 Å². The lowest BCUT2D eigenvalue weighted by molar-refractivity contribution is -0.143. The van der Waals surface area contributed by atoms with Crippen molar-refractivity contribution >= 4 is 27.5 Å². The lowest BCUT2D eigenvalue weighted by atomic mass is 10.2. The fraction of sp³-hybridized carbons (Fsp3) is 0.385. The topological polar surface area (TPSA) is 53.4 Å².